The average Bonchev–Trinajstić information content (AvgIpc) is 2.83. The normalized spacial score (nSPS) is 10.3. The van der Waals surface area contributed by atoms with E-state index in [1.807, 2.05) is 19.1 Å². The van der Waals surface area contributed by atoms with Crippen LogP contribution >= 0.6 is 0 Å². The van der Waals surface area contributed by atoms with Gasteiger partial charge in [-0.2, -0.15) is 0 Å². The summed E-state index contributed by atoms with van der Waals surface area (Å²) in [6, 6.07) is 8.73. The number of hydrogen-bond acceptors (Lipinski definition) is 4. The van der Waals surface area contributed by atoms with Crippen molar-refractivity contribution < 1.29 is 13.9 Å². The third-order valence-electron chi connectivity index (χ3n) is 2.99. The Hall–Kier alpha value is -2.43. The quantitative estimate of drug-likeness (QED) is 0.869. The third-order valence-corrected chi connectivity index (χ3v) is 2.99. The molecule has 0 saturated carbocycles. The smallest absolute Gasteiger partial charge is 0.257 e. The summed E-state index contributed by atoms with van der Waals surface area (Å²) in [4.78, 5) is 14.0. The van der Waals surface area contributed by atoms with Gasteiger partial charge in [-0.3, -0.25) is 4.79 Å². The molecule has 0 unspecified atom stereocenters. The van der Waals surface area contributed by atoms with Gasteiger partial charge in [-0.1, -0.05) is 0 Å². The van der Waals surface area contributed by atoms with E-state index in [4.69, 9.17) is 14.9 Å². The summed E-state index contributed by atoms with van der Waals surface area (Å²) < 4.78 is 10.7. The summed E-state index contributed by atoms with van der Waals surface area (Å²) in [5.74, 6) is 1.90. The highest BCUT2D eigenvalue weighted by atomic mass is 16.5. The number of hydrogen-bond donors (Lipinski definition) is 1. The first-order valence-electron chi connectivity index (χ1n) is 6.25. The highest BCUT2D eigenvalue weighted by Crippen LogP contribution is 2.23. The zero-order valence-electron chi connectivity index (χ0n) is 11.8. The number of aryl methyl sites for hydroxylation is 1. The van der Waals surface area contributed by atoms with Crippen LogP contribution in [0, 0.1) is 6.92 Å². The molecule has 0 bridgehead atoms. The van der Waals surface area contributed by atoms with Gasteiger partial charge in [-0.25, -0.2) is 0 Å². The second kappa shape index (κ2) is 5.69. The van der Waals surface area contributed by atoms with Gasteiger partial charge in [-0.15, -0.1) is 0 Å². The molecule has 0 aliphatic rings. The van der Waals surface area contributed by atoms with Crippen LogP contribution in [0.5, 0.6) is 5.75 Å². The molecule has 0 saturated heterocycles. The largest absolute Gasteiger partial charge is 0.496 e. The van der Waals surface area contributed by atoms with E-state index in [1.165, 1.54) is 7.11 Å². The van der Waals surface area contributed by atoms with Crippen LogP contribution in [0.15, 0.2) is 34.7 Å². The predicted octanol–water partition coefficient (Wildman–Crippen LogP) is 2.45. The average molecular weight is 274 g/mol. The van der Waals surface area contributed by atoms with Crippen LogP contribution in [0.1, 0.15) is 21.9 Å². The molecule has 2 aromatic rings. The molecule has 1 heterocycles. The molecule has 1 aromatic heterocycles. The van der Waals surface area contributed by atoms with Crippen molar-refractivity contribution in [1.82, 2.24) is 4.90 Å². The summed E-state index contributed by atoms with van der Waals surface area (Å²) >= 11 is 0. The fourth-order valence-electron chi connectivity index (χ4n) is 1.97. The van der Waals surface area contributed by atoms with Crippen LogP contribution in [0.25, 0.3) is 0 Å². The van der Waals surface area contributed by atoms with Crippen LogP contribution in [-0.2, 0) is 6.54 Å². The summed E-state index contributed by atoms with van der Waals surface area (Å²) in [5, 5.41) is 0. The Bertz CT molecular complexity index is 619. The SMILES string of the molecule is COc1ccc(N)cc1C(=O)N(C)Cc1ccc(C)o1. The molecule has 1 aromatic carbocycles. The number of methoxy groups -OCH3 is 1. The van der Waals surface area contributed by atoms with Gasteiger partial charge in [0.05, 0.1) is 19.2 Å². The molecule has 0 fully saturated rings. The number of nitrogen functional groups attached to an aromatic ring is 1. The molecule has 20 heavy (non-hydrogen) atoms. The predicted molar refractivity (Wildman–Crippen MR) is 76.6 cm³/mol. The lowest BCUT2D eigenvalue weighted by molar-refractivity contribution is 0.0771. The first kappa shape index (κ1) is 14.0. The van der Waals surface area contributed by atoms with Crippen LogP contribution in [0.2, 0.25) is 0 Å². The highest BCUT2D eigenvalue weighted by molar-refractivity contribution is 5.97. The summed E-state index contributed by atoms with van der Waals surface area (Å²) in [6.45, 7) is 2.26. The monoisotopic (exact) mass is 274 g/mol. The molecule has 1 amide bonds. The van der Waals surface area contributed by atoms with E-state index < -0.39 is 0 Å². The van der Waals surface area contributed by atoms with E-state index in [0.29, 0.717) is 23.5 Å². The Morgan fingerprint density at radius 1 is 1.35 bits per heavy atom. The van der Waals surface area contributed by atoms with Crippen molar-refractivity contribution >= 4 is 11.6 Å². The van der Waals surface area contributed by atoms with E-state index >= 15 is 0 Å². The Balaban J connectivity index is 2.20. The maximum absolute atomic E-state index is 12.4. The fraction of sp³-hybridized carbons (Fsp3) is 0.267. The molecular formula is C15H18N2O3. The number of ether oxygens (including phenoxy) is 1. The highest BCUT2D eigenvalue weighted by Gasteiger charge is 2.18. The maximum atomic E-state index is 12.4. The number of furan rings is 1. The van der Waals surface area contributed by atoms with Crippen molar-refractivity contribution in [1.29, 1.82) is 0 Å². The second-order valence-corrected chi connectivity index (χ2v) is 4.63. The molecule has 2 rings (SSSR count). The van der Waals surface area contributed by atoms with Gasteiger partial charge in [0.1, 0.15) is 17.3 Å². The number of nitrogens with zero attached hydrogens (tertiary/aromatic N) is 1. The Labute approximate surface area is 117 Å². The van der Waals surface area contributed by atoms with Gasteiger partial charge in [0.25, 0.3) is 5.91 Å². The third kappa shape index (κ3) is 2.93. The summed E-state index contributed by atoms with van der Waals surface area (Å²) in [6.07, 6.45) is 0. The lowest BCUT2D eigenvalue weighted by Crippen LogP contribution is -2.26. The Morgan fingerprint density at radius 2 is 2.10 bits per heavy atom. The fourth-order valence-corrected chi connectivity index (χ4v) is 1.97. The van der Waals surface area contributed by atoms with Crippen molar-refractivity contribution in [2.75, 3.05) is 19.9 Å². The van der Waals surface area contributed by atoms with Gasteiger partial charge in [-0.05, 0) is 37.3 Å². The minimum absolute atomic E-state index is 0.164. The van der Waals surface area contributed by atoms with E-state index in [2.05, 4.69) is 0 Å². The number of amides is 1. The molecule has 5 nitrogen and oxygen atoms in total. The zero-order chi connectivity index (χ0) is 14.7. The first-order valence-corrected chi connectivity index (χ1v) is 6.25. The lowest BCUT2D eigenvalue weighted by atomic mass is 10.1. The number of rotatable bonds is 4. The number of carbonyl (C=O) groups is 1. The van der Waals surface area contributed by atoms with Crippen molar-refractivity contribution in [2.45, 2.75) is 13.5 Å². The first-order chi connectivity index (χ1) is 9.51. The Kier molecular flexibility index (Phi) is 3.98. The van der Waals surface area contributed by atoms with E-state index in [1.54, 1.807) is 30.1 Å². The number of nitrogens with two attached hydrogens (primary N) is 1. The van der Waals surface area contributed by atoms with Crippen LogP contribution in [0.4, 0.5) is 5.69 Å². The molecule has 0 aliphatic heterocycles. The van der Waals surface area contributed by atoms with Gasteiger partial charge < -0.3 is 19.8 Å². The summed E-state index contributed by atoms with van der Waals surface area (Å²) in [7, 11) is 3.24. The van der Waals surface area contributed by atoms with E-state index in [0.717, 1.165) is 11.5 Å². The molecule has 0 aliphatic carbocycles. The molecule has 106 valence electrons. The molecule has 0 radical (unpaired) electrons. The van der Waals surface area contributed by atoms with Crippen molar-refractivity contribution in [3.8, 4) is 5.75 Å². The topological polar surface area (TPSA) is 68.7 Å². The summed E-state index contributed by atoms with van der Waals surface area (Å²) in [5.41, 5.74) is 6.70. The lowest BCUT2D eigenvalue weighted by Gasteiger charge is -2.17. The molecule has 0 spiro atoms. The standard InChI is InChI=1S/C15H18N2O3/c1-10-4-6-12(20-10)9-17(2)15(18)13-8-11(16)5-7-14(13)19-3/h4-8H,9,16H2,1-3H3. The number of benzene rings is 1. The van der Waals surface area contributed by atoms with Gasteiger partial charge in [0, 0.05) is 12.7 Å². The second-order valence-electron chi connectivity index (χ2n) is 4.63. The Morgan fingerprint density at radius 3 is 2.70 bits per heavy atom. The van der Waals surface area contributed by atoms with Crippen LogP contribution < -0.4 is 10.5 Å². The van der Waals surface area contributed by atoms with Crippen LogP contribution in [-0.4, -0.2) is 25.0 Å². The molecular weight excluding hydrogens is 256 g/mol. The van der Waals surface area contributed by atoms with Gasteiger partial charge >= 0.3 is 0 Å². The maximum Gasteiger partial charge on any atom is 0.257 e. The van der Waals surface area contributed by atoms with Crippen molar-refractivity contribution in [3.63, 3.8) is 0 Å². The van der Waals surface area contributed by atoms with Crippen LogP contribution in [0.3, 0.4) is 0 Å². The minimum Gasteiger partial charge on any atom is -0.496 e. The van der Waals surface area contributed by atoms with Crippen molar-refractivity contribution in [3.05, 3.63) is 47.4 Å². The number of carbonyl (C=O) groups excluding carboxylic acids is 1. The molecule has 0 atom stereocenters. The van der Waals surface area contributed by atoms with E-state index in [9.17, 15) is 4.79 Å². The zero-order valence-corrected chi connectivity index (χ0v) is 11.8. The van der Waals surface area contributed by atoms with Gasteiger partial charge in [0.15, 0.2) is 0 Å². The van der Waals surface area contributed by atoms with Gasteiger partial charge in [0.2, 0.25) is 0 Å². The van der Waals surface area contributed by atoms with Crippen molar-refractivity contribution in [2.24, 2.45) is 0 Å². The number of anilines is 1. The van der Waals surface area contributed by atoms with E-state index in [-0.39, 0.29) is 5.91 Å². The minimum atomic E-state index is -0.164. The molecule has 5 heteroatoms. The molecule has 2 N–H and O–H groups in total.